The monoisotopic (exact) mass is 915 g/mol. The molecule has 0 saturated carbocycles. The molecule has 3 aromatic carbocycles. The second kappa shape index (κ2) is 37.1. The minimum absolute atomic E-state index is 0.0307. The molecule has 0 heterocycles. The molecule has 4 rings (SSSR count). The van der Waals surface area contributed by atoms with Crippen LogP contribution in [-0.2, 0) is 66.3 Å². The van der Waals surface area contributed by atoms with E-state index in [4.69, 9.17) is 66.3 Å². The molecule has 0 saturated heterocycles. The van der Waals surface area contributed by atoms with E-state index in [1.165, 1.54) is 22.3 Å². The Morgan fingerprint density at radius 1 is 0.354 bits per heavy atom. The Balaban J connectivity index is 0.752. The van der Waals surface area contributed by atoms with Gasteiger partial charge in [0, 0.05) is 12.5 Å². The van der Waals surface area contributed by atoms with Crippen LogP contribution < -0.4 is 5.32 Å². The van der Waals surface area contributed by atoms with Gasteiger partial charge in [0.2, 0.25) is 0 Å². The second-order valence-electron chi connectivity index (χ2n) is 14.1. The highest BCUT2D eigenvalue weighted by atomic mass is 16.6. The lowest BCUT2D eigenvalue weighted by Gasteiger charge is -2.14. The van der Waals surface area contributed by atoms with Crippen LogP contribution in [0.5, 0.6) is 0 Å². The number of esters is 1. The predicted molar refractivity (Wildman–Crippen MR) is 240 cm³/mol. The Bertz CT molecular complexity index is 1590. The number of carbonyl (C=O) groups is 2. The fraction of sp³-hybridized carbons (Fsp3) is 0.583. The van der Waals surface area contributed by atoms with Crippen molar-refractivity contribution in [2.45, 2.75) is 5.92 Å². The van der Waals surface area contributed by atoms with Crippen molar-refractivity contribution < 1.29 is 75.9 Å². The maximum atomic E-state index is 12.3. The number of fused-ring (bicyclic) bond motifs is 3. The number of alkyl carbamates (subject to hydrolysis) is 1. The molecule has 17 heteroatoms. The van der Waals surface area contributed by atoms with Crippen molar-refractivity contribution in [2.75, 3.05) is 178 Å². The van der Waals surface area contributed by atoms with Gasteiger partial charge in [-0.3, -0.25) is 0 Å². The summed E-state index contributed by atoms with van der Waals surface area (Å²) in [7, 11) is 0. The number of nitrogens with one attached hydrogen (secondary N) is 1. The number of amides is 1. The smallest absolute Gasteiger partial charge is 0.407 e. The van der Waals surface area contributed by atoms with E-state index in [2.05, 4.69) is 29.6 Å². The fourth-order valence-corrected chi connectivity index (χ4v) is 6.25. The molecular formula is C48H69NO16. The zero-order valence-corrected chi connectivity index (χ0v) is 37.7. The zero-order valence-electron chi connectivity index (χ0n) is 37.7. The highest BCUT2D eigenvalue weighted by molar-refractivity contribution is 5.89. The molecule has 0 aliphatic heterocycles. The summed E-state index contributed by atoms with van der Waals surface area (Å²) >= 11 is 0. The minimum atomic E-state index is -0.457. The van der Waals surface area contributed by atoms with E-state index in [0.29, 0.717) is 171 Å². The van der Waals surface area contributed by atoms with E-state index in [0.717, 1.165) is 0 Å². The lowest BCUT2D eigenvalue weighted by atomic mass is 9.98. The molecule has 0 bridgehead atoms. The first-order valence-corrected chi connectivity index (χ1v) is 22.5. The van der Waals surface area contributed by atoms with Crippen LogP contribution in [0.1, 0.15) is 27.4 Å². The summed E-state index contributed by atoms with van der Waals surface area (Å²) in [6.45, 7) is 11.7. The topological polar surface area (TPSA) is 175 Å². The van der Waals surface area contributed by atoms with Gasteiger partial charge in [-0.15, -0.1) is 0 Å². The lowest BCUT2D eigenvalue weighted by Crippen LogP contribution is -2.29. The van der Waals surface area contributed by atoms with Gasteiger partial charge in [-0.25, -0.2) is 9.59 Å². The molecule has 0 spiro atoms. The van der Waals surface area contributed by atoms with E-state index in [9.17, 15) is 9.59 Å². The van der Waals surface area contributed by atoms with Gasteiger partial charge in [0.1, 0.15) is 13.2 Å². The van der Waals surface area contributed by atoms with Crippen molar-refractivity contribution in [3.05, 3.63) is 95.6 Å². The van der Waals surface area contributed by atoms with E-state index in [-0.39, 0.29) is 25.1 Å². The van der Waals surface area contributed by atoms with Crippen LogP contribution in [0.3, 0.4) is 0 Å². The van der Waals surface area contributed by atoms with Crippen LogP contribution in [-0.4, -0.2) is 190 Å². The molecule has 0 fully saturated rings. The molecule has 1 amide bonds. The van der Waals surface area contributed by atoms with Gasteiger partial charge >= 0.3 is 12.1 Å². The summed E-state index contributed by atoms with van der Waals surface area (Å²) < 4.78 is 76.6. The maximum absolute atomic E-state index is 12.3. The first kappa shape index (κ1) is 53.5. The summed E-state index contributed by atoms with van der Waals surface area (Å²) in [5, 5.41) is 2.74. The Labute approximate surface area is 383 Å². The van der Waals surface area contributed by atoms with Crippen LogP contribution in [0.15, 0.2) is 78.9 Å². The van der Waals surface area contributed by atoms with Gasteiger partial charge in [0.25, 0.3) is 0 Å². The molecule has 1 N–H and O–H groups in total. The molecule has 0 atom stereocenters. The third kappa shape index (κ3) is 24.9. The predicted octanol–water partition coefficient (Wildman–Crippen LogP) is 4.58. The van der Waals surface area contributed by atoms with E-state index in [1.807, 2.05) is 30.3 Å². The number of hydrogen-bond acceptors (Lipinski definition) is 16. The molecule has 0 aromatic heterocycles. The summed E-state index contributed by atoms with van der Waals surface area (Å²) in [4.78, 5) is 24.1. The normalized spacial score (nSPS) is 12.0. The number of hydrogen-bond donors (Lipinski definition) is 1. The van der Waals surface area contributed by atoms with Crippen molar-refractivity contribution in [3.8, 4) is 11.1 Å². The molecule has 3 aromatic rings. The lowest BCUT2D eigenvalue weighted by molar-refractivity contribution is -0.0287. The SMILES string of the molecule is O=C(NCCOCCOCCOCCOCCOCCOCCOCCOCCOCCOCCOCCOCCOC(=O)c1ccccc1)OCC1c2ccccc2-c2ccccc21. The standard InChI is InChI=1S/C48H69NO16/c50-47(41-8-2-1-3-9-41)64-39-38-63-37-36-62-35-34-61-33-32-60-31-30-59-29-28-58-27-26-57-25-24-56-23-22-55-21-20-54-19-18-53-17-16-52-15-14-49-48(51)65-40-46-44-12-6-4-10-42(44)43-11-5-7-13-45(43)46/h1-13,46H,14-40H2,(H,49,51). The highest BCUT2D eigenvalue weighted by Crippen LogP contribution is 2.44. The second-order valence-corrected chi connectivity index (χ2v) is 14.1. The maximum Gasteiger partial charge on any atom is 0.407 e. The van der Waals surface area contributed by atoms with Gasteiger partial charge in [-0.1, -0.05) is 66.7 Å². The average molecular weight is 916 g/mol. The van der Waals surface area contributed by atoms with Gasteiger partial charge < -0.3 is 71.6 Å². The third-order valence-electron chi connectivity index (χ3n) is 9.42. The number of benzene rings is 3. The molecule has 362 valence electrons. The van der Waals surface area contributed by atoms with E-state index >= 15 is 0 Å². The largest absolute Gasteiger partial charge is 0.460 e. The average Bonchev–Trinajstić information content (AvgIpc) is 3.66. The van der Waals surface area contributed by atoms with E-state index in [1.54, 1.807) is 24.3 Å². The van der Waals surface area contributed by atoms with Gasteiger partial charge in [0.05, 0.1) is 164 Å². The van der Waals surface area contributed by atoms with Crippen molar-refractivity contribution in [3.63, 3.8) is 0 Å². The minimum Gasteiger partial charge on any atom is -0.460 e. The number of carbonyl (C=O) groups excluding carboxylic acids is 2. The van der Waals surface area contributed by atoms with Crippen molar-refractivity contribution in [1.29, 1.82) is 0 Å². The van der Waals surface area contributed by atoms with Gasteiger partial charge in [-0.05, 0) is 34.4 Å². The Morgan fingerprint density at radius 3 is 1.03 bits per heavy atom. The molecule has 17 nitrogen and oxygen atoms in total. The number of rotatable bonds is 42. The first-order chi connectivity index (χ1) is 32.2. The zero-order chi connectivity index (χ0) is 45.5. The summed E-state index contributed by atoms with van der Waals surface area (Å²) in [5.41, 5.74) is 5.28. The van der Waals surface area contributed by atoms with Crippen LogP contribution in [0.2, 0.25) is 0 Å². The first-order valence-electron chi connectivity index (χ1n) is 22.5. The molecule has 1 aliphatic rings. The van der Waals surface area contributed by atoms with E-state index < -0.39 is 6.09 Å². The summed E-state index contributed by atoms with van der Waals surface area (Å²) in [6.07, 6.45) is -0.457. The van der Waals surface area contributed by atoms with Crippen LogP contribution in [0, 0.1) is 0 Å². The Morgan fingerprint density at radius 2 is 0.662 bits per heavy atom. The van der Waals surface area contributed by atoms with Crippen LogP contribution in [0.25, 0.3) is 11.1 Å². The van der Waals surface area contributed by atoms with Gasteiger partial charge in [-0.2, -0.15) is 0 Å². The molecule has 0 unspecified atom stereocenters. The number of ether oxygens (including phenoxy) is 14. The summed E-state index contributed by atoms with van der Waals surface area (Å²) in [5.74, 6) is -0.331. The third-order valence-corrected chi connectivity index (χ3v) is 9.42. The van der Waals surface area contributed by atoms with Crippen LogP contribution >= 0.6 is 0 Å². The Kier molecular flexibility index (Phi) is 30.5. The molecule has 0 radical (unpaired) electrons. The Hall–Kier alpha value is -4.08. The molecule has 65 heavy (non-hydrogen) atoms. The summed E-state index contributed by atoms with van der Waals surface area (Å²) in [6, 6.07) is 25.3. The van der Waals surface area contributed by atoms with Crippen molar-refractivity contribution in [1.82, 2.24) is 5.32 Å². The highest BCUT2D eigenvalue weighted by Gasteiger charge is 2.29. The molecule has 1 aliphatic carbocycles. The quantitative estimate of drug-likeness (QED) is 0.0617. The fourth-order valence-electron chi connectivity index (χ4n) is 6.25. The molecular weight excluding hydrogens is 847 g/mol. The van der Waals surface area contributed by atoms with Crippen LogP contribution in [0.4, 0.5) is 4.79 Å². The van der Waals surface area contributed by atoms with Crippen molar-refractivity contribution in [2.24, 2.45) is 0 Å². The van der Waals surface area contributed by atoms with Gasteiger partial charge in [0.15, 0.2) is 0 Å². The van der Waals surface area contributed by atoms with Crippen molar-refractivity contribution >= 4 is 12.1 Å².